The van der Waals surface area contributed by atoms with Gasteiger partial charge in [-0.3, -0.25) is 20.4 Å². The SMILES string of the molecule is O=C(NNC(=O)c1sc2cc(F)ccc2c1Cl)c1cnns1. The highest BCUT2D eigenvalue weighted by molar-refractivity contribution is 7.21. The third-order valence-corrected chi connectivity index (χ3v) is 4.99. The zero-order valence-corrected chi connectivity index (χ0v) is 13.0. The third kappa shape index (κ3) is 2.78. The lowest BCUT2D eigenvalue weighted by molar-refractivity contribution is 0.0851. The summed E-state index contributed by atoms with van der Waals surface area (Å²) in [5, 5.41) is 4.31. The number of carbonyl (C=O) groups is 2. The molecule has 2 N–H and O–H groups in total. The smallest absolute Gasteiger partial charge is 0.266 e. The lowest BCUT2D eigenvalue weighted by Crippen LogP contribution is -2.41. The quantitative estimate of drug-likeness (QED) is 0.691. The predicted molar refractivity (Wildman–Crippen MR) is 81.6 cm³/mol. The first kappa shape index (κ1) is 14.8. The van der Waals surface area contributed by atoms with Crippen molar-refractivity contribution >= 4 is 56.4 Å². The van der Waals surface area contributed by atoms with E-state index in [1.165, 1.54) is 24.4 Å². The molecular weight excluding hydrogens is 351 g/mol. The van der Waals surface area contributed by atoms with Crippen molar-refractivity contribution in [2.45, 2.75) is 0 Å². The Balaban J connectivity index is 1.78. The molecule has 6 nitrogen and oxygen atoms in total. The van der Waals surface area contributed by atoms with Gasteiger partial charge in [0.2, 0.25) is 0 Å². The van der Waals surface area contributed by atoms with Gasteiger partial charge in [-0.25, -0.2) is 4.39 Å². The van der Waals surface area contributed by atoms with Crippen LogP contribution in [0, 0.1) is 5.82 Å². The number of nitrogens with zero attached hydrogens (tertiary/aromatic N) is 2. The maximum atomic E-state index is 13.2. The van der Waals surface area contributed by atoms with E-state index in [1.807, 2.05) is 0 Å². The first-order valence-corrected chi connectivity index (χ1v) is 7.78. The molecule has 0 aliphatic carbocycles. The van der Waals surface area contributed by atoms with Crippen LogP contribution in [0.2, 0.25) is 5.02 Å². The molecule has 0 aliphatic heterocycles. The van der Waals surface area contributed by atoms with Gasteiger partial charge in [0.1, 0.15) is 15.6 Å². The van der Waals surface area contributed by atoms with Gasteiger partial charge in [0.15, 0.2) is 0 Å². The zero-order valence-electron chi connectivity index (χ0n) is 10.6. The molecule has 0 fully saturated rings. The van der Waals surface area contributed by atoms with Gasteiger partial charge in [-0.1, -0.05) is 16.1 Å². The van der Waals surface area contributed by atoms with Gasteiger partial charge in [0.25, 0.3) is 11.8 Å². The molecule has 0 bridgehead atoms. The Morgan fingerprint density at radius 2 is 2.00 bits per heavy atom. The van der Waals surface area contributed by atoms with Crippen molar-refractivity contribution in [1.82, 2.24) is 20.4 Å². The number of halogens is 2. The van der Waals surface area contributed by atoms with Crippen LogP contribution in [0.1, 0.15) is 19.3 Å². The Kier molecular flexibility index (Phi) is 4.01. The lowest BCUT2D eigenvalue weighted by atomic mass is 10.2. The van der Waals surface area contributed by atoms with Gasteiger partial charge in [-0.05, 0) is 29.7 Å². The van der Waals surface area contributed by atoms with Gasteiger partial charge >= 0.3 is 0 Å². The summed E-state index contributed by atoms with van der Waals surface area (Å²) in [5.41, 5.74) is 4.48. The molecule has 0 saturated heterocycles. The highest BCUT2D eigenvalue weighted by atomic mass is 35.5. The van der Waals surface area contributed by atoms with E-state index < -0.39 is 17.6 Å². The molecule has 2 heterocycles. The van der Waals surface area contributed by atoms with E-state index in [2.05, 4.69) is 20.4 Å². The van der Waals surface area contributed by atoms with Gasteiger partial charge in [-0.2, -0.15) is 0 Å². The summed E-state index contributed by atoms with van der Waals surface area (Å²) in [7, 11) is 0. The summed E-state index contributed by atoms with van der Waals surface area (Å²) in [6, 6.07) is 4.06. The Hall–Kier alpha value is -2.10. The minimum absolute atomic E-state index is 0.185. The largest absolute Gasteiger partial charge is 0.283 e. The number of amides is 2. The Bertz CT molecular complexity index is 866. The average Bonchev–Trinajstić information content (AvgIpc) is 3.13. The highest BCUT2D eigenvalue weighted by Gasteiger charge is 2.18. The Morgan fingerprint density at radius 1 is 1.23 bits per heavy atom. The van der Waals surface area contributed by atoms with E-state index in [0.29, 0.717) is 10.1 Å². The van der Waals surface area contributed by atoms with Crippen molar-refractivity contribution in [1.29, 1.82) is 0 Å². The van der Waals surface area contributed by atoms with Crippen molar-refractivity contribution < 1.29 is 14.0 Å². The molecule has 10 heteroatoms. The van der Waals surface area contributed by atoms with Gasteiger partial charge < -0.3 is 0 Å². The normalized spacial score (nSPS) is 10.6. The predicted octanol–water partition coefficient (Wildman–Crippen LogP) is 2.62. The number of hydrogen-bond donors (Lipinski definition) is 2. The molecule has 0 unspecified atom stereocenters. The summed E-state index contributed by atoms with van der Waals surface area (Å²) in [4.78, 5) is 24.2. The van der Waals surface area contributed by atoms with Crippen LogP contribution in [0.5, 0.6) is 0 Å². The summed E-state index contributed by atoms with van der Waals surface area (Å²) in [6.07, 6.45) is 1.28. The van der Waals surface area contributed by atoms with Crippen molar-refractivity contribution in [2.75, 3.05) is 0 Å². The molecule has 3 rings (SSSR count). The lowest BCUT2D eigenvalue weighted by Gasteiger charge is -2.04. The van der Waals surface area contributed by atoms with E-state index in [0.717, 1.165) is 22.9 Å². The maximum Gasteiger partial charge on any atom is 0.283 e. The van der Waals surface area contributed by atoms with Crippen LogP contribution in [0.3, 0.4) is 0 Å². The first-order chi connectivity index (χ1) is 10.6. The average molecular weight is 357 g/mol. The van der Waals surface area contributed by atoms with Crippen LogP contribution < -0.4 is 10.9 Å². The van der Waals surface area contributed by atoms with Crippen LogP contribution in [0.4, 0.5) is 4.39 Å². The fourth-order valence-electron chi connectivity index (χ4n) is 1.68. The molecule has 0 spiro atoms. The standard InChI is InChI=1S/C12H6ClFN4O2S2/c13-9-6-2-1-5(14)3-7(6)21-10(9)12(20)17-16-11(19)8-4-15-18-22-8/h1-4H,(H,16,19)(H,17,20). The van der Waals surface area contributed by atoms with Crippen LogP contribution >= 0.6 is 34.5 Å². The van der Waals surface area contributed by atoms with Crippen molar-refractivity contribution in [2.24, 2.45) is 0 Å². The molecule has 0 atom stereocenters. The maximum absolute atomic E-state index is 13.2. The van der Waals surface area contributed by atoms with Gasteiger partial charge in [0, 0.05) is 10.1 Å². The number of benzene rings is 1. The minimum Gasteiger partial charge on any atom is -0.266 e. The first-order valence-electron chi connectivity index (χ1n) is 5.82. The van der Waals surface area contributed by atoms with Crippen LogP contribution in [-0.4, -0.2) is 21.4 Å². The Labute approximate surface area is 136 Å². The fourth-order valence-corrected chi connectivity index (χ4v) is 3.53. The number of carbonyl (C=O) groups excluding carboxylic acids is 2. The highest BCUT2D eigenvalue weighted by Crippen LogP contribution is 2.35. The molecule has 112 valence electrons. The van der Waals surface area contributed by atoms with Gasteiger partial charge in [-0.15, -0.1) is 16.4 Å². The molecular formula is C12H6ClFN4O2S2. The topological polar surface area (TPSA) is 84.0 Å². The number of aromatic nitrogens is 2. The van der Waals surface area contributed by atoms with E-state index in [-0.39, 0.29) is 14.8 Å². The number of rotatable bonds is 2. The fraction of sp³-hybridized carbons (Fsp3) is 0. The molecule has 0 saturated carbocycles. The summed E-state index contributed by atoms with van der Waals surface area (Å²) in [6.45, 7) is 0. The Morgan fingerprint density at radius 3 is 2.73 bits per heavy atom. The number of fused-ring (bicyclic) bond motifs is 1. The zero-order chi connectivity index (χ0) is 15.7. The molecule has 0 radical (unpaired) electrons. The second kappa shape index (κ2) is 5.95. The number of hydrazine groups is 1. The second-order valence-corrected chi connectivity index (χ2v) is 6.29. The van der Waals surface area contributed by atoms with E-state index in [9.17, 15) is 14.0 Å². The van der Waals surface area contributed by atoms with Crippen molar-refractivity contribution in [3.63, 3.8) is 0 Å². The third-order valence-electron chi connectivity index (χ3n) is 2.67. The summed E-state index contributed by atoms with van der Waals surface area (Å²) < 4.78 is 17.3. The second-order valence-electron chi connectivity index (χ2n) is 4.08. The molecule has 3 aromatic rings. The molecule has 2 amide bonds. The summed E-state index contributed by atoms with van der Waals surface area (Å²) in [5.74, 6) is -1.53. The van der Waals surface area contributed by atoms with Gasteiger partial charge in [0.05, 0.1) is 11.2 Å². The number of thiophene rings is 1. The number of nitrogens with one attached hydrogen (secondary N) is 2. The monoisotopic (exact) mass is 356 g/mol. The molecule has 0 aliphatic rings. The van der Waals surface area contributed by atoms with E-state index in [1.54, 1.807) is 0 Å². The van der Waals surface area contributed by atoms with E-state index in [4.69, 9.17) is 11.6 Å². The molecule has 22 heavy (non-hydrogen) atoms. The number of hydrogen-bond acceptors (Lipinski definition) is 6. The minimum atomic E-state index is -0.586. The summed E-state index contributed by atoms with van der Waals surface area (Å²) >= 11 is 8.05. The van der Waals surface area contributed by atoms with Crippen LogP contribution in [0.25, 0.3) is 10.1 Å². The van der Waals surface area contributed by atoms with Crippen molar-refractivity contribution in [3.8, 4) is 0 Å². The van der Waals surface area contributed by atoms with Crippen LogP contribution in [0.15, 0.2) is 24.4 Å². The van der Waals surface area contributed by atoms with Crippen LogP contribution in [-0.2, 0) is 0 Å². The van der Waals surface area contributed by atoms with Crippen molar-refractivity contribution in [3.05, 3.63) is 45.0 Å². The molecule has 2 aromatic heterocycles. The van der Waals surface area contributed by atoms with E-state index >= 15 is 0 Å². The molecule has 1 aromatic carbocycles.